The Morgan fingerprint density at radius 2 is 1.76 bits per heavy atom. The summed E-state index contributed by atoms with van der Waals surface area (Å²) >= 11 is 0. The number of carbonyl (C=O) groups is 2. The van der Waals surface area contributed by atoms with Crippen LogP contribution in [0.2, 0.25) is 12.6 Å². The van der Waals surface area contributed by atoms with Crippen LogP contribution < -0.4 is 5.32 Å². The van der Waals surface area contributed by atoms with Crippen LogP contribution in [0.15, 0.2) is 0 Å². The number of carboxylic acid groups (broad SMARTS) is 1. The molecule has 124 valence electrons. The van der Waals surface area contributed by atoms with Crippen molar-refractivity contribution < 1.29 is 23.5 Å². The average molecular weight is 319 g/mol. The van der Waals surface area contributed by atoms with Gasteiger partial charge in [-0.05, 0) is 39.8 Å². The Morgan fingerprint density at radius 1 is 1.24 bits per heavy atom. The molecule has 1 unspecified atom stereocenters. The third-order valence-corrected chi connectivity index (χ3v) is 6.33. The summed E-state index contributed by atoms with van der Waals surface area (Å²) in [6, 6.07) is 0.713. The Kier molecular flexibility index (Phi) is 8.13. The summed E-state index contributed by atoms with van der Waals surface area (Å²) in [6.07, 6.45) is 1.12. The number of rotatable bonds is 9. The van der Waals surface area contributed by atoms with Crippen molar-refractivity contribution in [1.82, 2.24) is 5.32 Å². The molecular formula is C14H29NO5Si. The van der Waals surface area contributed by atoms with Gasteiger partial charge in [-0.1, -0.05) is 6.42 Å². The second-order valence-electron chi connectivity index (χ2n) is 6.47. The van der Waals surface area contributed by atoms with Crippen LogP contribution in [0.1, 0.15) is 40.0 Å². The quantitative estimate of drug-likeness (QED) is 0.636. The molecule has 0 aliphatic rings. The lowest BCUT2D eigenvalue weighted by atomic mass is 9.98. The van der Waals surface area contributed by atoms with Crippen LogP contribution in [0, 0.1) is 5.92 Å². The van der Waals surface area contributed by atoms with E-state index < -0.39 is 20.4 Å². The van der Waals surface area contributed by atoms with E-state index in [0.717, 1.165) is 0 Å². The minimum Gasteiger partial charge on any atom is -0.481 e. The minimum atomic E-state index is -2.17. The standard InChI is InChI=1S/C14H29NO5Si/c1-14(2,3)15-12(16)10-11(13(17)18)8-7-9-21(6,19-4)20-5/h11H,7-10H2,1-6H3,(H,15,16)(H,17,18). The number of nitrogens with one attached hydrogen (secondary N) is 1. The minimum absolute atomic E-state index is 0.00480. The molecule has 0 aliphatic carbocycles. The van der Waals surface area contributed by atoms with Crippen molar-refractivity contribution in [3.8, 4) is 0 Å². The zero-order valence-corrected chi connectivity index (χ0v) is 15.0. The molecule has 0 radical (unpaired) electrons. The van der Waals surface area contributed by atoms with E-state index in [0.29, 0.717) is 18.9 Å². The summed E-state index contributed by atoms with van der Waals surface area (Å²) < 4.78 is 10.7. The Bertz CT molecular complexity index is 350. The van der Waals surface area contributed by atoms with Gasteiger partial charge in [0, 0.05) is 26.2 Å². The SMILES string of the molecule is CO[Si](C)(CCCC(CC(=O)NC(C)(C)C)C(=O)O)OC. The number of aliphatic carboxylic acids is 1. The first-order valence-corrected chi connectivity index (χ1v) is 9.69. The first-order valence-electron chi connectivity index (χ1n) is 7.17. The molecule has 1 atom stereocenters. The van der Waals surface area contributed by atoms with Gasteiger partial charge in [-0.3, -0.25) is 9.59 Å². The van der Waals surface area contributed by atoms with Gasteiger partial charge in [-0.25, -0.2) is 0 Å². The number of hydrogen-bond donors (Lipinski definition) is 2. The highest BCUT2D eigenvalue weighted by atomic mass is 28.4. The number of hydrogen-bond acceptors (Lipinski definition) is 4. The molecule has 0 spiro atoms. The maximum atomic E-state index is 11.8. The van der Waals surface area contributed by atoms with E-state index in [2.05, 4.69) is 5.32 Å². The topological polar surface area (TPSA) is 84.9 Å². The van der Waals surface area contributed by atoms with E-state index in [1.165, 1.54) is 0 Å². The third-order valence-electron chi connectivity index (χ3n) is 3.34. The molecule has 0 bridgehead atoms. The molecular weight excluding hydrogens is 290 g/mol. The van der Waals surface area contributed by atoms with Crippen LogP contribution in [0.5, 0.6) is 0 Å². The van der Waals surface area contributed by atoms with Crippen molar-refractivity contribution in [2.45, 2.75) is 58.2 Å². The Balaban J connectivity index is 4.39. The molecule has 0 saturated heterocycles. The van der Waals surface area contributed by atoms with Crippen molar-refractivity contribution in [3.05, 3.63) is 0 Å². The largest absolute Gasteiger partial charge is 0.481 e. The molecule has 1 amide bonds. The van der Waals surface area contributed by atoms with Crippen LogP contribution in [-0.2, 0) is 18.4 Å². The Labute approximate surface area is 128 Å². The fourth-order valence-corrected chi connectivity index (χ4v) is 3.38. The predicted octanol–water partition coefficient (Wildman–Crippen LogP) is 2.14. The maximum Gasteiger partial charge on any atom is 0.334 e. The van der Waals surface area contributed by atoms with E-state index in [1.54, 1.807) is 14.2 Å². The normalized spacial score (nSPS) is 13.8. The molecule has 0 heterocycles. The van der Waals surface area contributed by atoms with Gasteiger partial charge in [0.2, 0.25) is 5.91 Å². The van der Waals surface area contributed by atoms with Gasteiger partial charge in [-0.15, -0.1) is 0 Å². The van der Waals surface area contributed by atoms with E-state index in [-0.39, 0.29) is 17.9 Å². The summed E-state index contributed by atoms with van der Waals surface area (Å²) in [6.45, 7) is 7.55. The molecule has 0 aromatic carbocycles. The summed E-state index contributed by atoms with van der Waals surface area (Å²) in [4.78, 5) is 23.1. The lowest BCUT2D eigenvalue weighted by Gasteiger charge is -2.24. The zero-order valence-electron chi connectivity index (χ0n) is 14.0. The Hall–Kier alpha value is -0.923. The fourth-order valence-electron chi connectivity index (χ4n) is 1.96. The van der Waals surface area contributed by atoms with Crippen molar-refractivity contribution in [3.63, 3.8) is 0 Å². The van der Waals surface area contributed by atoms with Crippen LogP contribution >= 0.6 is 0 Å². The van der Waals surface area contributed by atoms with Gasteiger partial charge in [-0.2, -0.15) is 0 Å². The summed E-state index contributed by atoms with van der Waals surface area (Å²) in [5.74, 6) is -1.83. The lowest BCUT2D eigenvalue weighted by Crippen LogP contribution is -2.42. The van der Waals surface area contributed by atoms with Gasteiger partial charge >= 0.3 is 14.5 Å². The van der Waals surface area contributed by atoms with Crippen molar-refractivity contribution in [2.24, 2.45) is 5.92 Å². The van der Waals surface area contributed by atoms with E-state index in [9.17, 15) is 14.7 Å². The monoisotopic (exact) mass is 319 g/mol. The fraction of sp³-hybridized carbons (Fsp3) is 0.857. The average Bonchev–Trinajstić information content (AvgIpc) is 2.35. The van der Waals surface area contributed by atoms with Gasteiger partial charge < -0.3 is 19.3 Å². The van der Waals surface area contributed by atoms with Crippen molar-refractivity contribution >= 4 is 20.4 Å². The lowest BCUT2D eigenvalue weighted by molar-refractivity contribution is -0.144. The Morgan fingerprint density at radius 3 is 2.14 bits per heavy atom. The molecule has 6 nitrogen and oxygen atoms in total. The second kappa shape index (κ2) is 8.50. The first-order chi connectivity index (χ1) is 9.53. The summed E-state index contributed by atoms with van der Waals surface area (Å²) in [5.41, 5.74) is -0.349. The van der Waals surface area contributed by atoms with Gasteiger partial charge in [0.05, 0.1) is 5.92 Å². The van der Waals surface area contributed by atoms with Crippen LogP contribution in [0.25, 0.3) is 0 Å². The maximum absolute atomic E-state index is 11.8. The molecule has 21 heavy (non-hydrogen) atoms. The number of carbonyl (C=O) groups excluding carboxylic acids is 1. The number of amides is 1. The highest BCUT2D eigenvalue weighted by molar-refractivity contribution is 6.65. The van der Waals surface area contributed by atoms with Gasteiger partial charge in [0.1, 0.15) is 0 Å². The van der Waals surface area contributed by atoms with E-state index in [1.807, 2.05) is 27.3 Å². The number of carboxylic acids is 1. The molecule has 0 aromatic rings. The van der Waals surface area contributed by atoms with E-state index >= 15 is 0 Å². The zero-order chi connectivity index (χ0) is 16.7. The van der Waals surface area contributed by atoms with Crippen molar-refractivity contribution in [2.75, 3.05) is 14.2 Å². The predicted molar refractivity (Wildman–Crippen MR) is 83.3 cm³/mol. The highest BCUT2D eigenvalue weighted by Crippen LogP contribution is 2.20. The van der Waals surface area contributed by atoms with Crippen LogP contribution in [0.4, 0.5) is 0 Å². The molecule has 2 N–H and O–H groups in total. The molecule has 0 aliphatic heterocycles. The molecule has 0 fully saturated rings. The first kappa shape index (κ1) is 20.1. The van der Waals surface area contributed by atoms with Gasteiger partial charge in [0.15, 0.2) is 0 Å². The van der Waals surface area contributed by atoms with Crippen molar-refractivity contribution in [1.29, 1.82) is 0 Å². The van der Waals surface area contributed by atoms with E-state index in [4.69, 9.17) is 8.85 Å². The molecule has 0 saturated carbocycles. The molecule has 7 heteroatoms. The molecule has 0 aromatic heterocycles. The highest BCUT2D eigenvalue weighted by Gasteiger charge is 2.30. The summed E-state index contributed by atoms with van der Waals surface area (Å²) in [5, 5.41) is 12.0. The summed E-state index contributed by atoms with van der Waals surface area (Å²) in [7, 11) is 1.05. The third kappa shape index (κ3) is 8.85. The van der Waals surface area contributed by atoms with Crippen LogP contribution in [-0.4, -0.2) is 45.3 Å². The second-order valence-corrected chi connectivity index (χ2v) is 10.1. The van der Waals surface area contributed by atoms with Crippen LogP contribution in [0.3, 0.4) is 0 Å². The smallest absolute Gasteiger partial charge is 0.334 e. The molecule has 0 rings (SSSR count). The van der Waals surface area contributed by atoms with Gasteiger partial charge in [0.25, 0.3) is 0 Å².